The number of aromatic nitrogens is 2. The van der Waals surface area contributed by atoms with Crippen molar-refractivity contribution in [1.29, 1.82) is 0 Å². The third-order valence-corrected chi connectivity index (χ3v) is 2.59. The van der Waals surface area contributed by atoms with Gasteiger partial charge in [0, 0.05) is 5.75 Å². The van der Waals surface area contributed by atoms with Gasteiger partial charge in [0.05, 0.1) is 19.5 Å². The molecule has 0 atom stereocenters. The Morgan fingerprint density at radius 3 is 2.60 bits per heavy atom. The second-order valence-corrected chi connectivity index (χ2v) is 4.48. The van der Waals surface area contributed by atoms with Crippen molar-refractivity contribution in [2.45, 2.75) is 20.3 Å². The van der Waals surface area contributed by atoms with Crippen molar-refractivity contribution < 1.29 is 4.74 Å². The zero-order chi connectivity index (χ0) is 11.1. The predicted octanol–water partition coefficient (Wildman–Crippen LogP) is 2.59. The third kappa shape index (κ3) is 4.88. The van der Waals surface area contributed by atoms with Gasteiger partial charge in [-0.2, -0.15) is 0 Å². The predicted molar refractivity (Wildman–Crippen MR) is 64.1 cm³/mol. The zero-order valence-electron chi connectivity index (χ0n) is 9.36. The second-order valence-electron chi connectivity index (χ2n) is 3.58. The molecular formula is C10H17N3OS. The molecule has 0 bridgehead atoms. The van der Waals surface area contributed by atoms with Gasteiger partial charge in [0.25, 0.3) is 0 Å². The molecule has 0 amide bonds. The molecular weight excluding hydrogens is 210 g/mol. The molecule has 1 aromatic rings. The number of methoxy groups -OCH3 is 1. The minimum atomic E-state index is 0.629. The molecule has 0 fully saturated rings. The summed E-state index contributed by atoms with van der Waals surface area (Å²) in [5, 5.41) is 0. The van der Waals surface area contributed by atoms with Gasteiger partial charge < -0.3 is 4.74 Å². The first kappa shape index (κ1) is 12.1. The quantitative estimate of drug-likeness (QED) is 0.598. The van der Waals surface area contributed by atoms with Crippen LogP contribution >= 0.6 is 11.9 Å². The van der Waals surface area contributed by atoms with Gasteiger partial charge in [-0.15, -0.1) is 0 Å². The van der Waals surface area contributed by atoms with E-state index in [1.165, 1.54) is 6.42 Å². The summed E-state index contributed by atoms with van der Waals surface area (Å²) in [5.41, 5.74) is 0. The van der Waals surface area contributed by atoms with Crippen LogP contribution in [0.25, 0.3) is 0 Å². The smallest absolute Gasteiger partial charge is 0.233 e. The Morgan fingerprint density at radius 1 is 1.40 bits per heavy atom. The molecule has 1 heterocycles. The summed E-state index contributed by atoms with van der Waals surface area (Å²) < 4.78 is 8.06. The minimum Gasteiger partial charge on any atom is -0.494 e. The highest BCUT2D eigenvalue weighted by Gasteiger charge is 1.98. The highest BCUT2D eigenvalue weighted by molar-refractivity contribution is 8.00. The van der Waals surface area contributed by atoms with Crippen LogP contribution in [-0.4, -0.2) is 22.8 Å². The maximum absolute atomic E-state index is 4.97. The molecule has 1 rings (SSSR count). The molecule has 0 saturated heterocycles. The summed E-state index contributed by atoms with van der Waals surface area (Å²) in [4.78, 5) is 8.20. The van der Waals surface area contributed by atoms with E-state index >= 15 is 0 Å². The highest BCUT2D eigenvalue weighted by atomic mass is 32.2. The number of hydrogen-bond donors (Lipinski definition) is 1. The lowest BCUT2D eigenvalue weighted by molar-refractivity contribution is 0.411. The normalized spacial score (nSPS) is 10.4. The van der Waals surface area contributed by atoms with Crippen LogP contribution in [0.4, 0.5) is 5.95 Å². The SMILES string of the molecule is COc1cnc(NSCCC(C)C)nc1. The zero-order valence-corrected chi connectivity index (χ0v) is 10.2. The summed E-state index contributed by atoms with van der Waals surface area (Å²) in [6.45, 7) is 4.43. The summed E-state index contributed by atoms with van der Waals surface area (Å²) in [6.07, 6.45) is 4.49. The van der Waals surface area contributed by atoms with Crippen LogP contribution in [0.3, 0.4) is 0 Å². The topological polar surface area (TPSA) is 47.0 Å². The van der Waals surface area contributed by atoms with E-state index in [2.05, 4.69) is 28.5 Å². The number of nitrogens with zero attached hydrogens (tertiary/aromatic N) is 2. The van der Waals surface area contributed by atoms with Gasteiger partial charge in [-0.1, -0.05) is 25.8 Å². The number of anilines is 1. The van der Waals surface area contributed by atoms with E-state index < -0.39 is 0 Å². The van der Waals surface area contributed by atoms with Crippen LogP contribution in [0.5, 0.6) is 5.75 Å². The largest absolute Gasteiger partial charge is 0.494 e. The van der Waals surface area contributed by atoms with Crippen LogP contribution < -0.4 is 9.46 Å². The van der Waals surface area contributed by atoms with Gasteiger partial charge in [0.1, 0.15) is 0 Å². The van der Waals surface area contributed by atoms with Crippen molar-refractivity contribution >= 4 is 17.9 Å². The van der Waals surface area contributed by atoms with Crippen molar-refractivity contribution in [3.05, 3.63) is 12.4 Å². The fourth-order valence-corrected chi connectivity index (χ4v) is 1.81. The molecule has 1 aromatic heterocycles. The molecule has 4 nitrogen and oxygen atoms in total. The fraction of sp³-hybridized carbons (Fsp3) is 0.600. The molecule has 0 saturated carbocycles. The Morgan fingerprint density at radius 2 is 2.07 bits per heavy atom. The van der Waals surface area contributed by atoms with E-state index in [9.17, 15) is 0 Å². The average Bonchev–Trinajstić information content (AvgIpc) is 2.25. The first-order chi connectivity index (χ1) is 7.22. The van der Waals surface area contributed by atoms with Gasteiger partial charge in [-0.25, -0.2) is 9.97 Å². The Labute approximate surface area is 95.0 Å². The highest BCUT2D eigenvalue weighted by Crippen LogP contribution is 2.12. The third-order valence-electron chi connectivity index (χ3n) is 1.82. The lowest BCUT2D eigenvalue weighted by Crippen LogP contribution is -1.98. The second kappa shape index (κ2) is 6.50. The fourth-order valence-electron chi connectivity index (χ4n) is 0.885. The van der Waals surface area contributed by atoms with E-state index in [-0.39, 0.29) is 0 Å². The van der Waals surface area contributed by atoms with Crippen LogP contribution in [-0.2, 0) is 0 Å². The standard InChI is InChI=1S/C10H17N3OS/c1-8(2)4-5-15-13-10-11-6-9(14-3)7-12-10/h6-8H,4-5H2,1-3H3,(H,11,12,13). The van der Waals surface area contributed by atoms with E-state index in [0.29, 0.717) is 11.7 Å². The molecule has 15 heavy (non-hydrogen) atoms. The minimum absolute atomic E-state index is 0.629. The Balaban J connectivity index is 2.25. The molecule has 0 aromatic carbocycles. The summed E-state index contributed by atoms with van der Waals surface area (Å²) in [5.74, 6) is 3.10. The van der Waals surface area contributed by atoms with Crippen molar-refractivity contribution in [2.24, 2.45) is 5.92 Å². The first-order valence-electron chi connectivity index (χ1n) is 4.96. The van der Waals surface area contributed by atoms with Crippen molar-refractivity contribution in [1.82, 2.24) is 9.97 Å². The van der Waals surface area contributed by atoms with Crippen LogP contribution in [0.2, 0.25) is 0 Å². The van der Waals surface area contributed by atoms with Gasteiger partial charge in [0.15, 0.2) is 5.75 Å². The monoisotopic (exact) mass is 227 g/mol. The molecule has 0 aliphatic rings. The maximum atomic E-state index is 4.97. The summed E-state index contributed by atoms with van der Waals surface area (Å²) in [6, 6.07) is 0. The molecule has 84 valence electrons. The van der Waals surface area contributed by atoms with E-state index in [1.807, 2.05) is 0 Å². The lowest BCUT2D eigenvalue weighted by Gasteiger charge is -2.05. The van der Waals surface area contributed by atoms with E-state index in [1.54, 1.807) is 31.5 Å². The van der Waals surface area contributed by atoms with Crippen molar-refractivity contribution in [3.63, 3.8) is 0 Å². The van der Waals surface area contributed by atoms with Crippen molar-refractivity contribution in [3.8, 4) is 5.75 Å². The Kier molecular flexibility index (Phi) is 5.25. The molecule has 0 spiro atoms. The summed E-state index contributed by atoms with van der Waals surface area (Å²) >= 11 is 1.63. The molecule has 0 radical (unpaired) electrons. The van der Waals surface area contributed by atoms with Crippen LogP contribution in [0, 0.1) is 5.92 Å². The summed E-state index contributed by atoms with van der Waals surface area (Å²) in [7, 11) is 1.60. The Hall–Kier alpha value is -0.970. The van der Waals surface area contributed by atoms with Gasteiger partial charge in [-0.05, 0) is 12.3 Å². The number of ether oxygens (including phenoxy) is 1. The maximum Gasteiger partial charge on any atom is 0.233 e. The molecule has 1 N–H and O–H groups in total. The van der Waals surface area contributed by atoms with Gasteiger partial charge >= 0.3 is 0 Å². The number of nitrogens with one attached hydrogen (secondary N) is 1. The van der Waals surface area contributed by atoms with Gasteiger partial charge in [-0.3, -0.25) is 4.72 Å². The lowest BCUT2D eigenvalue weighted by atomic mass is 10.2. The van der Waals surface area contributed by atoms with E-state index in [0.717, 1.165) is 11.7 Å². The number of rotatable bonds is 6. The van der Waals surface area contributed by atoms with Gasteiger partial charge in [0.2, 0.25) is 5.95 Å². The average molecular weight is 227 g/mol. The van der Waals surface area contributed by atoms with Crippen LogP contribution in [0.1, 0.15) is 20.3 Å². The van der Waals surface area contributed by atoms with Crippen LogP contribution in [0.15, 0.2) is 12.4 Å². The molecule has 0 aliphatic heterocycles. The first-order valence-corrected chi connectivity index (χ1v) is 5.94. The molecule has 0 unspecified atom stereocenters. The molecule has 0 aliphatic carbocycles. The Bertz CT molecular complexity index is 277. The number of hydrogen-bond acceptors (Lipinski definition) is 5. The van der Waals surface area contributed by atoms with Crippen molar-refractivity contribution in [2.75, 3.05) is 17.6 Å². The van der Waals surface area contributed by atoms with E-state index in [4.69, 9.17) is 4.74 Å². The molecule has 5 heteroatoms.